The molecule has 5 nitrogen and oxygen atoms in total. The molecule has 2 fully saturated rings. The number of hydrogen-bond acceptors (Lipinski definition) is 5. The van der Waals surface area contributed by atoms with Crippen molar-refractivity contribution in [2.75, 3.05) is 24.7 Å². The summed E-state index contributed by atoms with van der Waals surface area (Å²) in [6.07, 6.45) is 0.386. The summed E-state index contributed by atoms with van der Waals surface area (Å²) >= 11 is 11.6. The summed E-state index contributed by atoms with van der Waals surface area (Å²) in [6, 6.07) is -0.338. The van der Waals surface area contributed by atoms with Crippen LogP contribution in [0.2, 0.25) is 10.4 Å². The van der Waals surface area contributed by atoms with E-state index in [0.717, 1.165) is 0 Å². The lowest BCUT2D eigenvalue weighted by Gasteiger charge is -2.23. The molecule has 3 heterocycles. The zero-order chi connectivity index (χ0) is 15.4. The van der Waals surface area contributed by atoms with E-state index in [4.69, 9.17) is 27.9 Å². The fourth-order valence-electron chi connectivity index (χ4n) is 2.90. The average Bonchev–Trinajstić information content (AvgIpc) is 3.18. The zero-order valence-electron chi connectivity index (χ0n) is 11.1. The fourth-order valence-corrected chi connectivity index (χ4v) is 3.20. The molecule has 0 amide bonds. The minimum Gasteiger partial charge on any atom is -0.379 e. The first kappa shape index (κ1) is 14.3. The van der Waals surface area contributed by atoms with Gasteiger partial charge in [-0.2, -0.15) is 4.98 Å². The lowest BCUT2D eigenvalue weighted by atomic mass is 10.2. The molecule has 22 heavy (non-hydrogen) atoms. The van der Waals surface area contributed by atoms with Crippen molar-refractivity contribution in [2.45, 2.75) is 12.2 Å². The maximum atomic E-state index is 14.1. The quantitative estimate of drug-likeness (QED) is 0.586. The predicted molar refractivity (Wildman–Crippen MR) is 77.7 cm³/mol. The van der Waals surface area contributed by atoms with Crippen molar-refractivity contribution in [2.24, 2.45) is 5.92 Å². The van der Waals surface area contributed by atoms with Crippen LogP contribution in [0.25, 0.3) is 10.9 Å². The first-order chi connectivity index (χ1) is 10.6. The lowest BCUT2D eigenvalue weighted by Crippen LogP contribution is -2.31. The van der Waals surface area contributed by atoms with Crippen molar-refractivity contribution in [3.05, 3.63) is 22.5 Å². The molecule has 2 aromatic heterocycles. The van der Waals surface area contributed by atoms with Gasteiger partial charge in [-0.05, 0) is 11.6 Å². The number of hydrogen-bond donors (Lipinski definition) is 0. The van der Waals surface area contributed by atoms with Crippen LogP contribution in [0.3, 0.4) is 0 Å². The van der Waals surface area contributed by atoms with E-state index in [9.17, 15) is 8.78 Å². The van der Waals surface area contributed by atoms with E-state index < -0.39 is 12.0 Å². The Labute approximate surface area is 134 Å². The fraction of sp³-hybridized carbons (Fsp3) is 0.462. The third-order valence-electron chi connectivity index (χ3n) is 4.05. The van der Waals surface area contributed by atoms with Crippen molar-refractivity contribution < 1.29 is 13.5 Å². The number of nitrogens with zero attached hydrogens (tertiary/aromatic N) is 4. The van der Waals surface area contributed by atoms with E-state index in [1.807, 2.05) is 0 Å². The Balaban J connectivity index is 1.89. The van der Waals surface area contributed by atoms with Crippen LogP contribution >= 0.6 is 23.2 Å². The first-order valence-corrected chi connectivity index (χ1v) is 7.49. The number of fused-ring (bicyclic) bond motifs is 2. The molecule has 0 N–H and O–H groups in total. The summed E-state index contributed by atoms with van der Waals surface area (Å²) < 4.78 is 33.4. The number of ether oxygens (including phenoxy) is 1. The van der Waals surface area contributed by atoms with E-state index in [-0.39, 0.29) is 27.9 Å². The van der Waals surface area contributed by atoms with Gasteiger partial charge in [0.05, 0.1) is 24.6 Å². The molecule has 0 spiro atoms. The maximum Gasteiger partial charge on any atom is 0.225 e. The van der Waals surface area contributed by atoms with Gasteiger partial charge in [-0.3, -0.25) is 0 Å². The van der Waals surface area contributed by atoms with Gasteiger partial charge in [-0.15, -0.1) is 0 Å². The Morgan fingerprint density at radius 1 is 1.32 bits per heavy atom. The number of alkyl halides is 1. The second kappa shape index (κ2) is 5.11. The summed E-state index contributed by atoms with van der Waals surface area (Å²) in [4.78, 5) is 13.6. The lowest BCUT2D eigenvalue weighted by molar-refractivity contribution is 0.131. The highest BCUT2D eigenvalue weighted by Gasteiger charge is 2.56. The smallest absolute Gasteiger partial charge is 0.225 e. The Bertz CT molecular complexity index is 762. The summed E-state index contributed by atoms with van der Waals surface area (Å²) in [5.41, 5.74) is -0.0206. The number of halogens is 4. The zero-order valence-corrected chi connectivity index (χ0v) is 12.7. The normalized spacial score (nSPS) is 27.6. The van der Waals surface area contributed by atoms with Crippen molar-refractivity contribution in [1.82, 2.24) is 15.0 Å². The van der Waals surface area contributed by atoms with Crippen LogP contribution in [-0.2, 0) is 4.74 Å². The van der Waals surface area contributed by atoms with Crippen molar-refractivity contribution in [3.8, 4) is 0 Å². The highest BCUT2D eigenvalue weighted by molar-refractivity contribution is 6.30. The van der Waals surface area contributed by atoms with Crippen molar-refractivity contribution in [3.63, 3.8) is 0 Å². The van der Waals surface area contributed by atoms with Gasteiger partial charge in [-0.25, -0.2) is 18.7 Å². The molecule has 2 aromatic rings. The standard InChI is InChI=1S/C13H10Cl2F2N4O/c14-11-8(17)9-5(3-18-11)12(20-13(15)19-9)21-1-2-22-4-6-7(16)10(6)21/h3,6-7,10H,1-2,4H2. The number of anilines is 1. The van der Waals surface area contributed by atoms with Crippen LogP contribution in [0.5, 0.6) is 0 Å². The van der Waals surface area contributed by atoms with Gasteiger partial charge in [0, 0.05) is 18.7 Å². The molecule has 0 bridgehead atoms. The van der Waals surface area contributed by atoms with Gasteiger partial charge in [0.25, 0.3) is 0 Å². The number of pyridine rings is 1. The molecule has 116 valence electrons. The van der Waals surface area contributed by atoms with E-state index >= 15 is 0 Å². The summed E-state index contributed by atoms with van der Waals surface area (Å²) in [5, 5.41) is -0.0624. The maximum absolute atomic E-state index is 14.1. The minimum absolute atomic E-state index is 0.0206. The molecule has 0 radical (unpaired) electrons. The molecular formula is C13H10Cl2F2N4O. The molecule has 4 rings (SSSR count). The third kappa shape index (κ3) is 2.11. The molecule has 3 atom stereocenters. The van der Waals surface area contributed by atoms with Crippen molar-refractivity contribution >= 4 is 39.9 Å². The molecule has 2 aliphatic rings. The highest BCUT2D eigenvalue weighted by atomic mass is 35.5. The Kier molecular flexibility index (Phi) is 3.32. The van der Waals surface area contributed by atoms with Crippen LogP contribution in [0.4, 0.5) is 14.6 Å². The predicted octanol–water partition coefficient (Wildman–Crippen LogP) is 2.64. The SMILES string of the molecule is Fc1c(Cl)ncc2c(N3CCOCC4C(F)C43)nc(Cl)nc12. The van der Waals surface area contributed by atoms with E-state index in [1.165, 1.54) is 6.20 Å². The van der Waals surface area contributed by atoms with Crippen LogP contribution in [0.1, 0.15) is 0 Å². The van der Waals surface area contributed by atoms with Gasteiger partial charge < -0.3 is 9.64 Å². The largest absolute Gasteiger partial charge is 0.379 e. The summed E-state index contributed by atoms with van der Waals surface area (Å²) in [7, 11) is 0. The monoisotopic (exact) mass is 346 g/mol. The second-order valence-electron chi connectivity index (χ2n) is 5.31. The molecule has 1 saturated carbocycles. The molecular weight excluding hydrogens is 337 g/mol. The van der Waals surface area contributed by atoms with Crippen LogP contribution in [0, 0.1) is 11.7 Å². The first-order valence-electron chi connectivity index (χ1n) is 6.73. The Morgan fingerprint density at radius 3 is 2.95 bits per heavy atom. The van der Waals surface area contributed by atoms with Crippen LogP contribution < -0.4 is 4.90 Å². The molecule has 3 unspecified atom stereocenters. The molecule has 0 aromatic carbocycles. The average molecular weight is 347 g/mol. The highest BCUT2D eigenvalue weighted by Crippen LogP contribution is 2.44. The van der Waals surface area contributed by atoms with Gasteiger partial charge in [-0.1, -0.05) is 11.6 Å². The summed E-state index contributed by atoms with van der Waals surface area (Å²) in [6.45, 7) is 1.25. The molecule has 9 heteroatoms. The van der Waals surface area contributed by atoms with Gasteiger partial charge in [0.2, 0.25) is 5.28 Å². The van der Waals surface area contributed by atoms with Crippen LogP contribution in [-0.4, -0.2) is 46.9 Å². The summed E-state index contributed by atoms with van der Waals surface area (Å²) in [5.74, 6) is -0.602. The number of rotatable bonds is 1. The Hall–Kier alpha value is -1.31. The molecule has 1 aliphatic carbocycles. The number of aromatic nitrogens is 3. The van der Waals surface area contributed by atoms with Gasteiger partial charge in [0.15, 0.2) is 11.0 Å². The van der Waals surface area contributed by atoms with Crippen LogP contribution in [0.15, 0.2) is 6.20 Å². The van der Waals surface area contributed by atoms with Gasteiger partial charge in [0.1, 0.15) is 17.5 Å². The Morgan fingerprint density at radius 2 is 2.14 bits per heavy atom. The minimum atomic E-state index is -0.991. The van der Waals surface area contributed by atoms with Crippen molar-refractivity contribution in [1.29, 1.82) is 0 Å². The van der Waals surface area contributed by atoms with E-state index in [2.05, 4.69) is 15.0 Å². The van der Waals surface area contributed by atoms with E-state index in [1.54, 1.807) is 4.90 Å². The van der Waals surface area contributed by atoms with E-state index in [0.29, 0.717) is 31.0 Å². The molecule has 1 aliphatic heterocycles. The second-order valence-corrected chi connectivity index (χ2v) is 6.00. The van der Waals surface area contributed by atoms with Gasteiger partial charge >= 0.3 is 0 Å². The topological polar surface area (TPSA) is 51.1 Å². The molecule has 1 saturated heterocycles. The third-order valence-corrected chi connectivity index (χ3v) is 4.48.